The average molecular weight is 284 g/mol. The fourth-order valence-corrected chi connectivity index (χ4v) is 2.70. The van der Waals surface area contributed by atoms with Gasteiger partial charge in [-0.1, -0.05) is 0 Å². The fourth-order valence-electron chi connectivity index (χ4n) is 2.70. The van der Waals surface area contributed by atoms with Crippen LogP contribution >= 0.6 is 0 Å². The molecule has 1 aromatic carbocycles. The molecular formula is C15H16N4O2. The van der Waals surface area contributed by atoms with Gasteiger partial charge in [-0.3, -0.25) is 14.3 Å². The highest BCUT2D eigenvalue weighted by Gasteiger charge is 2.25. The fraction of sp³-hybridized carbons (Fsp3) is 0.267. The summed E-state index contributed by atoms with van der Waals surface area (Å²) in [6, 6.07) is 6.48. The molecule has 2 amide bonds. The molecule has 0 fully saturated rings. The highest BCUT2D eigenvalue weighted by atomic mass is 16.2. The number of aromatic nitrogens is 2. The summed E-state index contributed by atoms with van der Waals surface area (Å²) in [7, 11) is 1.86. The zero-order chi connectivity index (χ0) is 15.0. The molecule has 0 saturated carbocycles. The minimum Gasteiger partial charge on any atom is -0.366 e. The van der Waals surface area contributed by atoms with Crippen LogP contribution in [0.5, 0.6) is 0 Å². The number of anilines is 1. The molecule has 6 heteroatoms. The molecule has 1 aromatic heterocycles. The highest BCUT2D eigenvalue weighted by molar-refractivity contribution is 6.04. The van der Waals surface area contributed by atoms with Crippen LogP contribution in [0.3, 0.4) is 0 Å². The molecule has 0 unspecified atom stereocenters. The van der Waals surface area contributed by atoms with E-state index in [0.717, 1.165) is 30.5 Å². The van der Waals surface area contributed by atoms with Crippen LogP contribution in [0, 0.1) is 0 Å². The Morgan fingerprint density at radius 3 is 2.62 bits per heavy atom. The Balaban J connectivity index is 1.80. The normalized spacial score (nSPS) is 13.0. The number of nitrogens with zero attached hydrogens (tertiary/aromatic N) is 2. The van der Waals surface area contributed by atoms with Crippen molar-refractivity contribution >= 4 is 17.5 Å². The van der Waals surface area contributed by atoms with Crippen LogP contribution < -0.4 is 11.1 Å². The minimum absolute atomic E-state index is 0.222. The van der Waals surface area contributed by atoms with Crippen molar-refractivity contribution in [1.29, 1.82) is 0 Å². The van der Waals surface area contributed by atoms with E-state index in [9.17, 15) is 9.59 Å². The van der Waals surface area contributed by atoms with Gasteiger partial charge < -0.3 is 11.1 Å². The Labute approximate surface area is 121 Å². The maximum absolute atomic E-state index is 12.3. The quantitative estimate of drug-likeness (QED) is 0.889. The van der Waals surface area contributed by atoms with Gasteiger partial charge in [0.1, 0.15) is 0 Å². The largest absolute Gasteiger partial charge is 0.366 e. The molecule has 1 aliphatic carbocycles. The first kappa shape index (κ1) is 13.4. The van der Waals surface area contributed by atoms with E-state index in [4.69, 9.17) is 5.73 Å². The smallest absolute Gasteiger partial charge is 0.276 e. The van der Waals surface area contributed by atoms with Gasteiger partial charge in [0.25, 0.3) is 5.91 Å². The van der Waals surface area contributed by atoms with Gasteiger partial charge in [-0.25, -0.2) is 0 Å². The number of primary amides is 1. The first-order valence-electron chi connectivity index (χ1n) is 6.82. The summed E-state index contributed by atoms with van der Waals surface area (Å²) in [5.41, 5.74) is 8.88. The predicted molar refractivity (Wildman–Crippen MR) is 78.1 cm³/mol. The molecule has 21 heavy (non-hydrogen) atoms. The number of nitrogens with one attached hydrogen (secondary N) is 1. The first-order valence-corrected chi connectivity index (χ1v) is 6.82. The van der Waals surface area contributed by atoms with E-state index >= 15 is 0 Å². The van der Waals surface area contributed by atoms with Gasteiger partial charge in [0, 0.05) is 29.6 Å². The maximum Gasteiger partial charge on any atom is 0.276 e. The van der Waals surface area contributed by atoms with Gasteiger partial charge in [0.2, 0.25) is 5.91 Å². The van der Waals surface area contributed by atoms with Gasteiger partial charge >= 0.3 is 0 Å². The minimum atomic E-state index is -0.490. The number of fused-ring (bicyclic) bond motifs is 1. The SMILES string of the molecule is Cn1nc(C(=O)Nc2ccc(C(N)=O)cc2)c2c1CCC2. The second-order valence-electron chi connectivity index (χ2n) is 5.15. The zero-order valence-electron chi connectivity index (χ0n) is 11.7. The molecule has 3 N–H and O–H groups in total. The van der Waals surface area contributed by atoms with E-state index in [0.29, 0.717) is 16.9 Å². The van der Waals surface area contributed by atoms with Crippen molar-refractivity contribution in [1.82, 2.24) is 9.78 Å². The summed E-state index contributed by atoms with van der Waals surface area (Å²) in [6.07, 6.45) is 2.93. The maximum atomic E-state index is 12.3. The summed E-state index contributed by atoms with van der Waals surface area (Å²) >= 11 is 0. The van der Waals surface area contributed by atoms with Crippen molar-refractivity contribution < 1.29 is 9.59 Å². The molecule has 1 heterocycles. The van der Waals surface area contributed by atoms with E-state index in [1.54, 1.807) is 28.9 Å². The lowest BCUT2D eigenvalue weighted by atomic mass is 10.1. The van der Waals surface area contributed by atoms with Crippen LogP contribution in [0.4, 0.5) is 5.69 Å². The number of carbonyl (C=O) groups excluding carboxylic acids is 2. The topological polar surface area (TPSA) is 90.0 Å². The number of nitrogens with two attached hydrogens (primary N) is 1. The third-order valence-corrected chi connectivity index (χ3v) is 3.76. The van der Waals surface area contributed by atoms with E-state index in [1.807, 2.05) is 7.05 Å². The van der Waals surface area contributed by atoms with Crippen molar-refractivity contribution in [3.63, 3.8) is 0 Å². The molecule has 6 nitrogen and oxygen atoms in total. The zero-order valence-corrected chi connectivity index (χ0v) is 11.7. The molecule has 0 aliphatic heterocycles. The van der Waals surface area contributed by atoms with E-state index in [1.165, 1.54) is 0 Å². The lowest BCUT2D eigenvalue weighted by Gasteiger charge is -2.05. The van der Waals surface area contributed by atoms with Crippen LogP contribution in [0.25, 0.3) is 0 Å². The summed E-state index contributed by atoms with van der Waals surface area (Å²) in [4.78, 5) is 23.3. The lowest BCUT2D eigenvalue weighted by molar-refractivity contribution is 0.0997. The van der Waals surface area contributed by atoms with E-state index in [2.05, 4.69) is 10.4 Å². The van der Waals surface area contributed by atoms with E-state index < -0.39 is 5.91 Å². The van der Waals surface area contributed by atoms with Gasteiger partial charge in [-0.2, -0.15) is 5.10 Å². The summed E-state index contributed by atoms with van der Waals surface area (Å²) in [6.45, 7) is 0. The summed E-state index contributed by atoms with van der Waals surface area (Å²) in [5, 5.41) is 7.11. The van der Waals surface area contributed by atoms with Crippen LogP contribution in [-0.4, -0.2) is 21.6 Å². The van der Waals surface area contributed by atoms with Crippen molar-refractivity contribution in [3.05, 3.63) is 46.8 Å². The predicted octanol–water partition coefficient (Wildman–Crippen LogP) is 1.26. The lowest BCUT2D eigenvalue weighted by Crippen LogP contribution is -2.15. The second kappa shape index (κ2) is 5.05. The number of hydrogen-bond acceptors (Lipinski definition) is 3. The second-order valence-corrected chi connectivity index (χ2v) is 5.15. The van der Waals surface area contributed by atoms with Gasteiger partial charge in [-0.05, 0) is 43.5 Å². The Bertz CT molecular complexity index is 716. The number of amides is 2. The van der Waals surface area contributed by atoms with Gasteiger partial charge in [0.15, 0.2) is 5.69 Å². The number of carbonyl (C=O) groups is 2. The number of aryl methyl sites for hydroxylation is 1. The Morgan fingerprint density at radius 2 is 1.95 bits per heavy atom. The molecule has 2 aromatic rings. The van der Waals surface area contributed by atoms with Crippen LogP contribution in [0.2, 0.25) is 0 Å². The summed E-state index contributed by atoms with van der Waals surface area (Å²) in [5.74, 6) is -0.712. The molecule has 108 valence electrons. The Morgan fingerprint density at radius 1 is 1.24 bits per heavy atom. The standard InChI is InChI=1S/C15H16N4O2/c1-19-12-4-2-3-11(12)13(18-19)15(21)17-10-7-5-9(6-8-10)14(16)20/h5-8H,2-4H2,1H3,(H2,16,20)(H,17,21). The molecule has 0 saturated heterocycles. The first-order chi connectivity index (χ1) is 10.1. The Hall–Kier alpha value is -2.63. The monoisotopic (exact) mass is 284 g/mol. The van der Waals surface area contributed by atoms with Gasteiger partial charge in [0.05, 0.1) is 0 Å². The molecular weight excluding hydrogens is 268 g/mol. The molecule has 0 atom stereocenters. The third kappa shape index (κ3) is 2.40. The molecule has 0 radical (unpaired) electrons. The number of hydrogen-bond donors (Lipinski definition) is 2. The molecule has 0 bridgehead atoms. The number of rotatable bonds is 3. The average Bonchev–Trinajstić information content (AvgIpc) is 3.04. The molecule has 1 aliphatic rings. The van der Waals surface area contributed by atoms with E-state index in [-0.39, 0.29) is 5.91 Å². The summed E-state index contributed by atoms with van der Waals surface area (Å²) < 4.78 is 1.79. The van der Waals surface area contributed by atoms with Crippen molar-refractivity contribution in [3.8, 4) is 0 Å². The third-order valence-electron chi connectivity index (χ3n) is 3.76. The van der Waals surface area contributed by atoms with Crippen LogP contribution in [0.1, 0.15) is 38.5 Å². The highest BCUT2D eigenvalue weighted by Crippen LogP contribution is 2.25. The number of benzene rings is 1. The van der Waals surface area contributed by atoms with Crippen LogP contribution in [-0.2, 0) is 19.9 Å². The van der Waals surface area contributed by atoms with Crippen molar-refractivity contribution in [2.45, 2.75) is 19.3 Å². The van der Waals surface area contributed by atoms with Crippen molar-refractivity contribution in [2.75, 3.05) is 5.32 Å². The molecule has 0 spiro atoms. The van der Waals surface area contributed by atoms with Gasteiger partial charge in [-0.15, -0.1) is 0 Å². The van der Waals surface area contributed by atoms with Crippen LogP contribution in [0.15, 0.2) is 24.3 Å². The molecule has 3 rings (SSSR count). The Kier molecular flexibility index (Phi) is 3.21. The van der Waals surface area contributed by atoms with Crippen molar-refractivity contribution in [2.24, 2.45) is 12.8 Å².